The van der Waals surface area contributed by atoms with E-state index in [1.54, 1.807) is 0 Å². The fourth-order valence-electron chi connectivity index (χ4n) is 4.43. The SMILES string of the molecule is CC(=O)OC12CCC(C3CC=C(C)CC3)(CC1)C(F)=C2F. The largest absolute Gasteiger partial charge is 0.452 e. The van der Waals surface area contributed by atoms with Crippen LogP contribution in [0.1, 0.15) is 58.8 Å². The van der Waals surface area contributed by atoms with Crippen molar-refractivity contribution in [2.24, 2.45) is 11.3 Å². The van der Waals surface area contributed by atoms with Crippen LogP contribution in [0.2, 0.25) is 0 Å². The van der Waals surface area contributed by atoms with Crippen molar-refractivity contribution in [3.8, 4) is 0 Å². The lowest BCUT2D eigenvalue weighted by atomic mass is 9.54. The maximum Gasteiger partial charge on any atom is 0.303 e. The van der Waals surface area contributed by atoms with Crippen LogP contribution in [0.5, 0.6) is 0 Å². The Labute approximate surface area is 124 Å². The number of ether oxygens (including phenoxy) is 1. The minimum atomic E-state index is -1.32. The normalized spacial score (nSPS) is 39.2. The second-order valence-electron chi connectivity index (χ2n) is 6.89. The second kappa shape index (κ2) is 4.92. The minimum absolute atomic E-state index is 0.169. The van der Waals surface area contributed by atoms with E-state index in [0.29, 0.717) is 25.7 Å². The highest BCUT2D eigenvalue weighted by molar-refractivity contribution is 5.67. The zero-order valence-electron chi connectivity index (χ0n) is 12.7. The van der Waals surface area contributed by atoms with E-state index in [1.165, 1.54) is 12.5 Å². The fraction of sp³-hybridized carbons (Fsp3) is 0.706. The Morgan fingerprint density at radius 1 is 1.24 bits per heavy atom. The maximum atomic E-state index is 14.8. The number of carbonyl (C=O) groups excluding carboxylic acids is 1. The number of rotatable bonds is 2. The first-order valence-corrected chi connectivity index (χ1v) is 7.81. The van der Waals surface area contributed by atoms with Gasteiger partial charge in [-0.25, -0.2) is 8.78 Å². The van der Waals surface area contributed by atoms with Crippen LogP contribution in [-0.4, -0.2) is 11.6 Å². The first kappa shape index (κ1) is 14.7. The molecule has 0 amide bonds. The average molecular weight is 296 g/mol. The van der Waals surface area contributed by atoms with Gasteiger partial charge in [-0.3, -0.25) is 4.79 Å². The van der Waals surface area contributed by atoms with Crippen LogP contribution in [-0.2, 0) is 9.53 Å². The molecule has 0 heterocycles. The molecule has 0 aromatic heterocycles. The summed E-state index contributed by atoms with van der Waals surface area (Å²) in [6, 6.07) is 0. The Morgan fingerprint density at radius 2 is 1.90 bits per heavy atom. The van der Waals surface area contributed by atoms with Crippen LogP contribution >= 0.6 is 0 Å². The Morgan fingerprint density at radius 3 is 2.43 bits per heavy atom. The van der Waals surface area contributed by atoms with Gasteiger partial charge in [-0.15, -0.1) is 0 Å². The van der Waals surface area contributed by atoms with Gasteiger partial charge in [0.05, 0.1) is 0 Å². The molecule has 1 fully saturated rings. The van der Waals surface area contributed by atoms with Gasteiger partial charge in [-0.2, -0.15) is 0 Å². The number of hydrogen-bond acceptors (Lipinski definition) is 2. The van der Waals surface area contributed by atoms with E-state index in [1.807, 2.05) is 0 Å². The van der Waals surface area contributed by atoms with Crippen molar-refractivity contribution in [3.05, 3.63) is 23.3 Å². The smallest absolute Gasteiger partial charge is 0.303 e. The van der Waals surface area contributed by atoms with Crippen LogP contribution in [0, 0.1) is 11.3 Å². The van der Waals surface area contributed by atoms with Gasteiger partial charge < -0.3 is 4.74 Å². The van der Waals surface area contributed by atoms with Gasteiger partial charge in [-0.1, -0.05) is 11.6 Å². The standard InChI is InChI=1S/C17H22F2O2/c1-11-3-5-13(6-4-11)16-7-9-17(10-8-16,21-12(2)20)15(19)14(16)18/h3,13H,4-10H2,1-2H3. The van der Waals surface area contributed by atoms with Crippen LogP contribution in [0.25, 0.3) is 0 Å². The molecule has 4 aliphatic carbocycles. The van der Waals surface area contributed by atoms with Crippen LogP contribution < -0.4 is 0 Å². The van der Waals surface area contributed by atoms with Gasteiger partial charge >= 0.3 is 5.97 Å². The molecular weight excluding hydrogens is 274 g/mol. The molecule has 0 spiro atoms. The number of allylic oxidation sites excluding steroid dienone is 3. The summed E-state index contributed by atoms with van der Waals surface area (Å²) in [5.41, 5.74) is -0.644. The molecule has 116 valence electrons. The number of hydrogen-bond donors (Lipinski definition) is 0. The van der Waals surface area contributed by atoms with E-state index >= 15 is 0 Å². The van der Waals surface area contributed by atoms with Crippen LogP contribution in [0.4, 0.5) is 8.78 Å². The number of fused-ring (bicyclic) bond motifs is 2. The minimum Gasteiger partial charge on any atom is -0.452 e. The lowest BCUT2D eigenvalue weighted by Crippen LogP contribution is -2.51. The molecule has 0 saturated heterocycles. The van der Waals surface area contributed by atoms with Crippen molar-refractivity contribution in [1.82, 2.24) is 0 Å². The quantitative estimate of drug-likeness (QED) is 0.542. The molecule has 4 rings (SSSR count). The molecular formula is C17H22F2O2. The highest BCUT2D eigenvalue weighted by atomic mass is 19.2. The first-order valence-electron chi connectivity index (χ1n) is 7.81. The molecule has 2 nitrogen and oxygen atoms in total. The third-order valence-electron chi connectivity index (χ3n) is 5.74. The molecule has 0 aromatic rings. The monoisotopic (exact) mass is 296 g/mol. The van der Waals surface area contributed by atoms with Crippen molar-refractivity contribution < 1.29 is 18.3 Å². The zero-order valence-corrected chi connectivity index (χ0v) is 12.7. The topological polar surface area (TPSA) is 26.3 Å². The van der Waals surface area contributed by atoms with Crippen molar-refractivity contribution in [3.63, 3.8) is 0 Å². The summed E-state index contributed by atoms with van der Waals surface area (Å²) in [6.45, 7) is 3.35. The lowest BCUT2D eigenvalue weighted by Gasteiger charge is -2.53. The van der Waals surface area contributed by atoms with Gasteiger partial charge in [-0.05, 0) is 57.8 Å². The molecule has 4 aliphatic rings. The van der Waals surface area contributed by atoms with E-state index < -0.39 is 28.6 Å². The molecule has 0 aliphatic heterocycles. The Balaban J connectivity index is 1.94. The first-order chi connectivity index (χ1) is 9.90. The fourth-order valence-corrected chi connectivity index (χ4v) is 4.43. The predicted octanol–water partition coefficient (Wildman–Crippen LogP) is 4.76. The third-order valence-corrected chi connectivity index (χ3v) is 5.74. The zero-order chi connectivity index (χ0) is 15.3. The number of esters is 1. The summed E-state index contributed by atoms with van der Waals surface area (Å²) in [7, 11) is 0. The summed E-state index contributed by atoms with van der Waals surface area (Å²) < 4.78 is 34.5. The summed E-state index contributed by atoms with van der Waals surface area (Å²) in [4.78, 5) is 11.2. The molecule has 4 heteroatoms. The van der Waals surface area contributed by atoms with Crippen molar-refractivity contribution in [2.75, 3.05) is 0 Å². The van der Waals surface area contributed by atoms with Gasteiger partial charge in [0.15, 0.2) is 11.4 Å². The van der Waals surface area contributed by atoms with Crippen molar-refractivity contribution >= 4 is 5.97 Å². The summed E-state index contributed by atoms with van der Waals surface area (Å²) in [5, 5.41) is 0. The van der Waals surface area contributed by atoms with E-state index in [0.717, 1.165) is 19.3 Å². The Hall–Kier alpha value is -1.19. The second-order valence-corrected chi connectivity index (χ2v) is 6.89. The Bertz CT molecular complexity index is 525. The Kier molecular flexibility index (Phi) is 3.45. The highest BCUT2D eigenvalue weighted by Crippen LogP contribution is 2.62. The van der Waals surface area contributed by atoms with E-state index in [4.69, 9.17) is 4.74 Å². The molecule has 1 saturated carbocycles. The summed E-state index contributed by atoms with van der Waals surface area (Å²) in [5.74, 6) is -1.83. The third kappa shape index (κ3) is 2.14. The van der Waals surface area contributed by atoms with Gasteiger partial charge in [0.25, 0.3) is 0 Å². The van der Waals surface area contributed by atoms with Crippen LogP contribution in [0.3, 0.4) is 0 Å². The van der Waals surface area contributed by atoms with Gasteiger partial charge in [0.1, 0.15) is 5.83 Å². The maximum absolute atomic E-state index is 14.8. The van der Waals surface area contributed by atoms with Crippen molar-refractivity contribution in [2.45, 2.75) is 64.4 Å². The van der Waals surface area contributed by atoms with E-state index in [9.17, 15) is 13.6 Å². The molecule has 0 aromatic carbocycles. The molecule has 1 atom stereocenters. The average Bonchev–Trinajstić information content (AvgIpc) is 2.45. The molecule has 0 N–H and O–H groups in total. The number of halogens is 2. The molecule has 2 bridgehead atoms. The predicted molar refractivity (Wildman–Crippen MR) is 75.7 cm³/mol. The summed E-state index contributed by atoms with van der Waals surface area (Å²) in [6.07, 6.45) is 6.86. The molecule has 0 radical (unpaired) electrons. The summed E-state index contributed by atoms with van der Waals surface area (Å²) >= 11 is 0. The van der Waals surface area contributed by atoms with Crippen molar-refractivity contribution in [1.29, 1.82) is 0 Å². The van der Waals surface area contributed by atoms with Gasteiger partial charge in [0, 0.05) is 12.3 Å². The number of carbonyl (C=O) groups is 1. The van der Waals surface area contributed by atoms with E-state index in [-0.39, 0.29) is 5.92 Å². The highest BCUT2D eigenvalue weighted by Gasteiger charge is 2.59. The van der Waals surface area contributed by atoms with Gasteiger partial charge in [0.2, 0.25) is 0 Å². The lowest BCUT2D eigenvalue weighted by molar-refractivity contribution is -0.166. The molecule has 21 heavy (non-hydrogen) atoms. The van der Waals surface area contributed by atoms with E-state index in [2.05, 4.69) is 13.0 Å². The molecule has 1 unspecified atom stereocenters. The van der Waals surface area contributed by atoms with Crippen LogP contribution in [0.15, 0.2) is 23.3 Å².